The van der Waals surface area contributed by atoms with Crippen molar-refractivity contribution in [1.82, 2.24) is 9.29 Å². The van der Waals surface area contributed by atoms with Gasteiger partial charge < -0.3 is 21.7 Å². The Balaban J connectivity index is 0.00000392. The van der Waals surface area contributed by atoms with Gasteiger partial charge in [-0.2, -0.15) is 9.30 Å². The van der Waals surface area contributed by atoms with Crippen molar-refractivity contribution < 1.29 is 28.2 Å². The smallest absolute Gasteiger partial charge is 0.318 e. The number of nitrogens with zero attached hydrogens (tertiary/aromatic N) is 3. The largest absolute Gasteiger partial charge is 0.480 e. The summed E-state index contributed by atoms with van der Waals surface area (Å²) in [7, 11) is -4.45. The van der Waals surface area contributed by atoms with E-state index in [-0.39, 0.29) is 39.5 Å². The monoisotopic (exact) mass is 451 g/mol. The first-order valence-electron chi connectivity index (χ1n) is 7.14. The molecule has 1 aromatic carbocycles. The second-order valence-electron chi connectivity index (χ2n) is 5.23. The number of aromatic nitrogens is 1. The molecule has 1 heterocycles. The van der Waals surface area contributed by atoms with Crippen LogP contribution < -0.4 is 11.5 Å². The van der Waals surface area contributed by atoms with Gasteiger partial charge in [0, 0.05) is 17.0 Å². The average molecular weight is 452 g/mol. The van der Waals surface area contributed by atoms with Crippen molar-refractivity contribution in [1.29, 1.82) is 0 Å². The van der Waals surface area contributed by atoms with Crippen molar-refractivity contribution >= 4 is 68.5 Å². The van der Waals surface area contributed by atoms with Gasteiger partial charge in [0.2, 0.25) is 10.0 Å². The van der Waals surface area contributed by atoms with E-state index < -0.39 is 35.1 Å². The van der Waals surface area contributed by atoms with Crippen LogP contribution >= 0.6 is 24.0 Å². The Morgan fingerprint density at radius 2 is 1.71 bits per heavy atom. The fourth-order valence-corrected chi connectivity index (χ4v) is 3.80. The van der Waals surface area contributed by atoms with Gasteiger partial charge in [-0.05, 0) is 12.1 Å². The Labute approximate surface area is 170 Å². The minimum absolute atomic E-state index is 0. The standard InChI is InChI=1S/C14H14ClN5O6S.ClH/c15-10-4-18-13(19-14(16)17)9-3-7(1-2-8(9)10)27(25,26)20(5-11(21)22)6-12(23)24;/h1-4H,5-6H2,(H,21,22)(H,23,24)(H4,16,17,18,19);1H. The molecule has 28 heavy (non-hydrogen) atoms. The zero-order valence-electron chi connectivity index (χ0n) is 13.9. The molecule has 0 amide bonds. The lowest BCUT2D eigenvalue weighted by Gasteiger charge is -2.18. The van der Waals surface area contributed by atoms with E-state index in [2.05, 4.69) is 9.98 Å². The van der Waals surface area contributed by atoms with E-state index in [1.807, 2.05) is 0 Å². The summed E-state index contributed by atoms with van der Waals surface area (Å²) in [6.45, 7) is -2.05. The van der Waals surface area contributed by atoms with Gasteiger partial charge in [-0.3, -0.25) is 9.59 Å². The molecule has 0 aliphatic rings. The molecule has 0 fully saturated rings. The third-order valence-electron chi connectivity index (χ3n) is 3.29. The molecular weight excluding hydrogens is 437 g/mol. The van der Waals surface area contributed by atoms with Crippen molar-refractivity contribution in [2.45, 2.75) is 4.90 Å². The number of nitrogens with two attached hydrogens (primary N) is 2. The molecule has 0 saturated carbocycles. The Kier molecular flexibility index (Phi) is 7.52. The van der Waals surface area contributed by atoms with E-state index in [4.69, 9.17) is 33.3 Å². The topological polar surface area (TPSA) is 189 Å². The Bertz CT molecular complexity index is 1040. The van der Waals surface area contributed by atoms with Crippen LogP contribution in [0.15, 0.2) is 34.3 Å². The first-order chi connectivity index (χ1) is 12.5. The molecule has 1 aromatic heterocycles. The predicted octanol–water partition coefficient (Wildman–Crippen LogP) is 0.375. The molecule has 2 rings (SSSR count). The highest BCUT2D eigenvalue weighted by Gasteiger charge is 2.29. The maximum Gasteiger partial charge on any atom is 0.318 e. The summed E-state index contributed by atoms with van der Waals surface area (Å²) in [5.41, 5.74) is 10.7. The van der Waals surface area contributed by atoms with Gasteiger partial charge in [0.1, 0.15) is 13.1 Å². The Morgan fingerprint density at radius 3 is 2.21 bits per heavy atom. The molecule has 0 bridgehead atoms. The van der Waals surface area contributed by atoms with E-state index in [1.165, 1.54) is 18.3 Å². The number of carbonyl (C=O) groups is 2. The summed E-state index contributed by atoms with van der Waals surface area (Å²) in [6.07, 6.45) is 1.28. The quantitative estimate of drug-likeness (QED) is 0.340. The summed E-state index contributed by atoms with van der Waals surface area (Å²) in [4.78, 5) is 29.2. The third-order valence-corrected chi connectivity index (χ3v) is 5.37. The van der Waals surface area contributed by atoms with Crippen LogP contribution in [0.3, 0.4) is 0 Å². The number of aliphatic carboxylic acids is 2. The molecule has 11 nitrogen and oxygen atoms in total. The summed E-state index contributed by atoms with van der Waals surface area (Å²) in [5, 5.41) is 18.6. The first-order valence-corrected chi connectivity index (χ1v) is 8.96. The number of carboxylic acid groups (broad SMARTS) is 2. The number of sulfonamides is 1. The van der Waals surface area contributed by atoms with Gasteiger partial charge in [0.05, 0.1) is 9.92 Å². The number of hydrogen-bond donors (Lipinski definition) is 4. The van der Waals surface area contributed by atoms with Gasteiger partial charge in [-0.1, -0.05) is 17.7 Å². The Hall–Kier alpha value is -2.67. The number of aliphatic imine (C=N–C) groups is 1. The van der Waals surface area contributed by atoms with Crippen LogP contribution in [-0.2, 0) is 19.6 Å². The molecule has 0 saturated heterocycles. The van der Waals surface area contributed by atoms with Crippen LogP contribution in [0.2, 0.25) is 5.02 Å². The van der Waals surface area contributed by atoms with Gasteiger partial charge in [0.25, 0.3) is 0 Å². The van der Waals surface area contributed by atoms with Gasteiger partial charge in [-0.15, -0.1) is 12.4 Å². The maximum atomic E-state index is 12.7. The van der Waals surface area contributed by atoms with Crippen LogP contribution in [0.5, 0.6) is 0 Å². The van der Waals surface area contributed by atoms with E-state index in [1.54, 1.807) is 0 Å². The second kappa shape index (κ2) is 9.01. The Morgan fingerprint density at radius 1 is 1.14 bits per heavy atom. The van der Waals surface area contributed by atoms with Crippen molar-refractivity contribution in [3.05, 3.63) is 29.4 Å². The number of benzene rings is 1. The number of halogens is 2. The van der Waals surface area contributed by atoms with Crippen molar-refractivity contribution in [3.8, 4) is 0 Å². The highest BCUT2D eigenvalue weighted by molar-refractivity contribution is 7.89. The fourth-order valence-electron chi connectivity index (χ4n) is 2.22. The molecular formula is C14H15Cl2N5O6S. The normalized spacial score (nSPS) is 11.1. The SMILES string of the molecule is Cl.NC(N)=Nc1ncc(Cl)c2ccc(S(=O)(=O)N(CC(=O)O)CC(=O)O)cc12. The van der Waals surface area contributed by atoms with Crippen LogP contribution in [0.1, 0.15) is 0 Å². The van der Waals surface area contributed by atoms with E-state index in [0.717, 1.165) is 6.07 Å². The van der Waals surface area contributed by atoms with Crippen LogP contribution in [0.4, 0.5) is 5.82 Å². The summed E-state index contributed by atoms with van der Waals surface area (Å²) >= 11 is 6.04. The first kappa shape index (κ1) is 23.4. The molecule has 0 unspecified atom stereocenters. The molecule has 14 heteroatoms. The predicted molar refractivity (Wildman–Crippen MR) is 104 cm³/mol. The third kappa shape index (κ3) is 5.19. The molecule has 0 aliphatic carbocycles. The van der Waals surface area contributed by atoms with Gasteiger partial charge in [-0.25, -0.2) is 13.4 Å². The lowest BCUT2D eigenvalue weighted by Crippen LogP contribution is -2.39. The summed E-state index contributed by atoms with van der Waals surface area (Å²) in [5.74, 6) is -3.34. The molecule has 0 radical (unpaired) electrons. The van der Waals surface area contributed by atoms with E-state index in [0.29, 0.717) is 9.69 Å². The van der Waals surface area contributed by atoms with Crippen molar-refractivity contribution in [3.63, 3.8) is 0 Å². The fraction of sp³-hybridized carbons (Fsp3) is 0.143. The molecule has 0 spiro atoms. The zero-order valence-corrected chi connectivity index (χ0v) is 16.3. The molecule has 6 N–H and O–H groups in total. The number of hydrogen-bond acceptors (Lipinski definition) is 6. The number of fused-ring (bicyclic) bond motifs is 1. The minimum Gasteiger partial charge on any atom is -0.480 e. The van der Waals surface area contributed by atoms with E-state index >= 15 is 0 Å². The maximum absolute atomic E-state index is 12.7. The van der Waals surface area contributed by atoms with Gasteiger partial charge in [0.15, 0.2) is 11.8 Å². The number of rotatable bonds is 7. The number of carboxylic acids is 2. The zero-order chi connectivity index (χ0) is 20.4. The lowest BCUT2D eigenvalue weighted by molar-refractivity contribution is -0.139. The summed E-state index contributed by atoms with van der Waals surface area (Å²) < 4.78 is 25.8. The van der Waals surface area contributed by atoms with E-state index in [9.17, 15) is 18.0 Å². The summed E-state index contributed by atoms with van der Waals surface area (Å²) in [6, 6.07) is 3.67. The molecule has 0 aliphatic heterocycles. The average Bonchev–Trinajstić information content (AvgIpc) is 2.55. The minimum atomic E-state index is -4.45. The van der Waals surface area contributed by atoms with Gasteiger partial charge >= 0.3 is 11.9 Å². The molecule has 0 atom stereocenters. The number of pyridine rings is 1. The van der Waals surface area contributed by atoms with Crippen molar-refractivity contribution in [2.24, 2.45) is 16.5 Å². The number of guanidine groups is 1. The second-order valence-corrected chi connectivity index (χ2v) is 7.58. The highest BCUT2D eigenvalue weighted by atomic mass is 35.5. The molecule has 152 valence electrons. The van der Waals surface area contributed by atoms with Crippen LogP contribution in [0, 0.1) is 0 Å². The van der Waals surface area contributed by atoms with Crippen LogP contribution in [-0.4, -0.2) is 58.9 Å². The highest BCUT2D eigenvalue weighted by Crippen LogP contribution is 2.32. The van der Waals surface area contributed by atoms with Crippen molar-refractivity contribution in [2.75, 3.05) is 13.1 Å². The lowest BCUT2D eigenvalue weighted by atomic mass is 10.1. The van der Waals surface area contributed by atoms with Crippen LogP contribution in [0.25, 0.3) is 10.8 Å². The molecule has 2 aromatic rings.